The van der Waals surface area contributed by atoms with Crippen molar-refractivity contribution in [1.29, 1.82) is 0 Å². The number of hydrogen-bond acceptors (Lipinski definition) is 3. The van der Waals surface area contributed by atoms with Gasteiger partial charge in [0.1, 0.15) is 17.2 Å². The van der Waals surface area contributed by atoms with Crippen molar-refractivity contribution in [3.05, 3.63) is 89.5 Å². The fourth-order valence-electron chi connectivity index (χ4n) is 2.74. The molecule has 4 rings (SSSR count). The van der Waals surface area contributed by atoms with Crippen molar-refractivity contribution < 1.29 is 14.3 Å². The first-order valence-corrected chi connectivity index (χ1v) is 7.46. The van der Waals surface area contributed by atoms with Crippen molar-refractivity contribution in [2.24, 2.45) is 0 Å². The van der Waals surface area contributed by atoms with Crippen LogP contribution in [-0.4, -0.2) is 35.5 Å². The van der Waals surface area contributed by atoms with E-state index in [0.717, 1.165) is 16.9 Å². The van der Waals surface area contributed by atoms with Gasteiger partial charge in [-0.05, 0) is 35.9 Å². The SMILES string of the molecule is O=C(Oc1ccccc1)c1cccc2c1Cc1ccccc1O2.[Na]. The van der Waals surface area contributed by atoms with Gasteiger partial charge >= 0.3 is 5.97 Å². The Balaban J connectivity index is 0.00000169. The molecular formula is C20H14NaO3. The number of benzene rings is 3. The largest absolute Gasteiger partial charge is 0.457 e. The molecule has 0 aromatic heterocycles. The van der Waals surface area contributed by atoms with Crippen LogP contribution < -0.4 is 9.47 Å². The van der Waals surface area contributed by atoms with E-state index in [0.29, 0.717) is 23.5 Å². The van der Waals surface area contributed by atoms with Crippen molar-refractivity contribution >= 4 is 35.5 Å². The fraction of sp³-hybridized carbons (Fsp3) is 0.0500. The van der Waals surface area contributed by atoms with Crippen LogP contribution in [0.3, 0.4) is 0 Å². The summed E-state index contributed by atoms with van der Waals surface area (Å²) in [6.07, 6.45) is 0.658. The molecule has 24 heavy (non-hydrogen) atoms. The number of rotatable bonds is 2. The molecule has 1 aliphatic heterocycles. The number of fused-ring (bicyclic) bond motifs is 2. The zero-order chi connectivity index (χ0) is 15.6. The van der Waals surface area contributed by atoms with Gasteiger partial charge in [0.25, 0.3) is 0 Å². The Hall–Kier alpha value is -2.07. The van der Waals surface area contributed by atoms with Crippen LogP contribution >= 0.6 is 0 Å². The fourth-order valence-corrected chi connectivity index (χ4v) is 2.74. The van der Waals surface area contributed by atoms with Crippen LogP contribution in [0.25, 0.3) is 0 Å². The molecule has 0 N–H and O–H groups in total. The summed E-state index contributed by atoms with van der Waals surface area (Å²) in [5, 5.41) is 0. The van der Waals surface area contributed by atoms with Gasteiger partial charge in [-0.15, -0.1) is 0 Å². The van der Waals surface area contributed by atoms with E-state index in [-0.39, 0.29) is 35.5 Å². The topological polar surface area (TPSA) is 35.5 Å². The van der Waals surface area contributed by atoms with Crippen LogP contribution in [0, 0.1) is 0 Å². The van der Waals surface area contributed by atoms with Crippen LogP contribution in [0.1, 0.15) is 21.5 Å². The van der Waals surface area contributed by atoms with Gasteiger partial charge in [0.2, 0.25) is 0 Å². The van der Waals surface area contributed by atoms with Gasteiger partial charge in [0, 0.05) is 41.5 Å². The maximum Gasteiger partial charge on any atom is 0.343 e. The number of hydrogen-bond donors (Lipinski definition) is 0. The van der Waals surface area contributed by atoms with Gasteiger partial charge < -0.3 is 9.47 Å². The van der Waals surface area contributed by atoms with E-state index in [1.807, 2.05) is 54.6 Å². The van der Waals surface area contributed by atoms with Gasteiger partial charge in [0.15, 0.2) is 0 Å². The molecule has 1 aliphatic rings. The summed E-state index contributed by atoms with van der Waals surface area (Å²) in [5.41, 5.74) is 2.48. The van der Waals surface area contributed by atoms with Gasteiger partial charge in [-0.2, -0.15) is 0 Å². The Morgan fingerprint density at radius 3 is 2.38 bits per heavy atom. The molecule has 0 fully saturated rings. The molecule has 0 spiro atoms. The quantitative estimate of drug-likeness (QED) is 0.314. The Kier molecular flexibility index (Phi) is 5.05. The number of para-hydroxylation sites is 2. The first-order valence-electron chi connectivity index (χ1n) is 7.46. The van der Waals surface area contributed by atoms with Crippen molar-refractivity contribution in [3.8, 4) is 17.2 Å². The molecule has 3 aromatic rings. The second kappa shape index (κ2) is 7.22. The standard InChI is InChI=1S/C20H14O3.Na/c21-20(22-15-8-2-1-3-9-15)16-10-6-12-19-17(16)13-14-7-4-5-11-18(14)23-19;/h1-12H,13H2;. The normalized spacial score (nSPS) is 11.3. The van der Waals surface area contributed by atoms with Crippen LogP contribution in [0.2, 0.25) is 0 Å². The third kappa shape index (κ3) is 3.24. The minimum Gasteiger partial charge on any atom is -0.457 e. The Morgan fingerprint density at radius 2 is 1.54 bits per heavy atom. The zero-order valence-corrected chi connectivity index (χ0v) is 15.4. The van der Waals surface area contributed by atoms with Gasteiger partial charge in [-0.25, -0.2) is 4.79 Å². The molecule has 0 saturated heterocycles. The maximum absolute atomic E-state index is 12.5. The second-order valence-electron chi connectivity index (χ2n) is 5.37. The minimum absolute atomic E-state index is 0. The number of ether oxygens (including phenoxy) is 2. The summed E-state index contributed by atoms with van der Waals surface area (Å²) in [4.78, 5) is 12.5. The van der Waals surface area contributed by atoms with E-state index >= 15 is 0 Å². The summed E-state index contributed by atoms with van der Waals surface area (Å²) >= 11 is 0. The van der Waals surface area contributed by atoms with Gasteiger partial charge in [-0.1, -0.05) is 42.5 Å². The van der Waals surface area contributed by atoms with E-state index in [2.05, 4.69) is 0 Å². The summed E-state index contributed by atoms with van der Waals surface area (Å²) in [6.45, 7) is 0. The number of esters is 1. The third-order valence-electron chi connectivity index (χ3n) is 3.87. The van der Waals surface area contributed by atoms with Gasteiger partial charge in [0.05, 0.1) is 5.56 Å². The predicted molar refractivity (Wildman–Crippen MR) is 92.9 cm³/mol. The second-order valence-corrected chi connectivity index (χ2v) is 5.37. The molecule has 0 atom stereocenters. The van der Waals surface area contributed by atoms with E-state index < -0.39 is 0 Å². The van der Waals surface area contributed by atoms with E-state index in [4.69, 9.17) is 9.47 Å². The smallest absolute Gasteiger partial charge is 0.343 e. The number of carbonyl (C=O) groups excluding carboxylic acids is 1. The Morgan fingerprint density at radius 1 is 0.833 bits per heavy atom. The first-order chi connectivity index (χ1) is 11.3. The molecule has 0 amide bonds. The molecule has 1 heterocycles. The molecule has 1 radical (unpaired) electrons. The van der Waals surface area contributed by atoms with Crippen molar-refractivity contribution in [2.75, 3.05) is 0 Å². The zero-order valence-electron chi connectivity index (χ0n) is 13.4. The Labute approximate surface area is 162 Å². The van der Waals surface area contributed by atoms with Crippen molar-refractivity contribution in [1.82, 2.24) is 0 Å². The molecular weight excluding hydrogens is 311 g/mol. The molecule has 0 aliphatic carbocycles. The summed E-state index contributed by atoms with van der Waals surface area (Å²) in [6, 6.07) is 22.4. The van der Waals surface area contributed by atoms with E-state index in [1.54, 1.807) is 18.2 Å². The van der Waals surface area contributed by atoms with Crippen molar-refractivity contribution in [3.63, 3.8) is 0 Å². The molecule has 113 valence electrons. The molecule has 0 bridgehead atoms. The first kappa shape index (κ1) is 16.8. The summed E-state index contributed by atoms with van der Waals surface area (Å²) in [7, 11) is 0. The third-order valence-corrected chi connectivity index (χ3v) is 3.87. The molecule has 4 heteroatoms. The van der Waals surface area contributed by atoms with Crippen LogP contribution in [0.4, 0.5) is 0 Å². The van der Waals surface area contributed by atoms with Crippen LogP contribution in [-0.2, 0) is 6.42 Å². The van der Waals surface area contributed by atoms with Gasteiger partial charge in [-0.3, -0.25) is 0 Å². The summed E-state index contributed by atoms with van der Waals surface area (Å²) in [5.74, 6) is 1.73. The monoisotopic (exact) mass is 325 g/mol. The molecule has 0 unspecified atom stereocenters. The minimum atomic E-state index is -0.365. The maximum atomic E-state index is 12.5. The van der Waals surface area contributed by atoms with Crippen molar-refractivity contribution in [2.45, 2.75) is 6.42 Å². The molecule has 0 saturated carbocycles. The van der Waals surface area contributed by atoms with E-state index in [1.165, 1.54) is 0 Å². The van der Waals surface area contributed by atoms with Crippen LogP contribution in [0.5, 0.6) is 17.2 Å². The molecule has 3 aromatic carbocycles. The average molecular weight is 325 g/mol. The number of carbonyl (C=O) groups is 1. The summed E-state index contributed by atoms with van der Waals surface area (Å²) < 4.78 is 11.4. The average Bonchev–Trinajstić information content (AvgIpc) is 2.60. The van der Waals surface area contributed by atoms with E-state index in [9.17, 15) is 4.79 Å². The molecule has 3 nitrogen and oxygen atoms in total. The Bertz CT molecular complexity index is 875. The predicted octanol–water partition coefficient (Wildman–Crippen LogP) is 4.22. The van der Waals surface area contributed by atoms with Crippen LogP contribution in [0.15, 0.2) is 72.8 Å².